The lowest BCUT2D eigenvalue weighted by Gasteiger charge is -2.19. The largest absolute Gasteiger partial charge is 0.480 e. The number of carbonyl (C=O) groups is 1. The zero-order chi connectivity index (χ0) is 13.1. The molecule has 0 bridgehead atoms. The third-order valence-electron chi connectivity index (χ3n) is 3.67. The summed E-state index contributed by atoms with van der Waals surface area (Å²) in [6, 6.07) is 9.48. The van der Waals surface area contributed by atoms with Gasteiger partial charge in [-0.3, -0.25) is 10.1 Å². The van der Waals surface area contributed by atoms with Crippen LogP contribution in [0.4, 0.5) is 0 Å². The highest BCUT2D eigenvalue weighted by molar-refractivity contribution is 5.75. The second kappa shape index (κ2) is 5.50. The molecule has 0 aromatic heterocycles. The van der Waals surface area contributed by atoms with Gasteiger partial charge in [0.15, 0.2) is 0 Å². The van der Waals surface area contributed by atoms with Crippen LogP contribution in [0.15, 0.2) is 30.3 Å². The molecule has 1 aliphatic rings. The van der Waals surface area contributed by atoms with Crippen molar-refractivity contribution in [3.63, 3.8) is 0 Å². The van der Waals surface area contributed by atoms with Gasteiger partial charge < -0.3 is 10.0 Å². The number of aliphatic carboxylic acids is 1. The SMILES string of the molecule is CC1CC(NC(C(=O)O)c2ccccc2)CN1C. The van der Waals surface area contributed by atoms with Crippen molar-refractivity contribution in [1.29, 1.82) is 0 Å². The predicted octanol–water partition coefficient (Wildman–Crippen LogP) is 1.49. The summed E-state index contributed by atoms with van der Waals surface area (Å²) < 4.78 is 0. The van der Waals surface area contributed by atoms with E-state index in [9.17, 15) is 9.90 Å². The van der Waals surface area contributed by atoms with Gasteiger partial charge in [0.2, 0.25) is 0 Å². The highest BCUT2D eigenvalue weighted by Crippen LogP contribution is 2.20. The van der Waals surface area contributed by atoms with Crippen LogP contribution in [0.2, 0.25) is 0 Å². The van der Waals surface area contributed by atoms with Crippen molar-refractivity contribution < 1.29 is 9.90 Å². The minimum Gasteiger partial charge on any atom is -0.480 e. The third-order valence-corrected chi connectivity index (χ3v) is 3.67. The van der Waals surface area contributed by atoms with E-state index < -0.39 is 12.0 Å². The molecule has 18 heavy (non-hydrogen) atoms. The molecule has 3 atom stereocenters. The minimum atomic E-state index is -0.816. The van der Waals surface area contributed by atoms with Gasteiger partial charge in [-0.05, 0) is 26.0 Å². The second-order valence-corrected chi connectivity index (χ2v) is 5.07. The van der Waals surface area contributed by atoms with Crippen molar-refractivity contribution in [2.45, 2.75) is 31.5 Å². The van der Waals surface area contributed by atoms with Crippen LogP contribution in [0.3, 0.4) is 0 Å². The molecule has 1 aromatic rings. The fourth-order valence-corrected chi connectivity index (χ4v) is 2.51. The van der Waals surface area contributed by atoms with Gasteiger partial charge in [-0.15, -0.1) is 0 Å². The number of hydrogen-bond acceptors (Lipinski definition) is 3. The van der Waals surface area contributed by atoms with Crippen LogP contribution in [0, 0.1) is 0 Å². The van der Waals surface area contributed by atoms with E-state index in [1.54, 1.807) is 0 Å². The average Bonchev–Trinajstić information content (AvgIpc) is 2.66. The summed E-state index contributed by atoms with van der Waals surface area (Å²) in [6.07, 6.45) is 0.993. The Bertz CT molecular complexity index is 398. The number of carboxylic acid groups (broad SMARTS) is 1. The van der Waals surface area contributed by atoms with Crippen LogP contribution in [-0.4, -0.2) is 41.7 Å². The first-order valence-electron chi connectivity index (χ1n) is 6.32. The van der Waals surface area contributed by atoms with Crippen molar-refractivity contribution in [2.24, 2.45) is 0 Å². The first kappa shape index (κ1) is 13.1. The number of benzene rings is 1. The predicted molar refractivity (Wildman–Crippen MR) is 70.5 cm³/mol. The summed E-state index contributed by atoms with van der Waals surface area (Å²) >= 11 is 0. The Morgan fingerprint density at radius 1 is 1.44 bits per heavy atom. The summed E-state index contributed by atoms with van der Waals surface area (Å²) in [7, 11) is 2.07. The normalized spacial score (nSPS) is 26.1. The molecule has 1 aromatic carbocycles. The summed E-state index contributed by atoms with van der Waals surface area (Å²) in [5.41, 5.74) is 0.812. The van der Waals surface area contributed by atoms with Crippen molar-refractivity contribution in [3.8, 4) is 0 Å². The molecule has 0 saturated carbocycles. The lowest BCUT2D eigenvalue weighted by atomic mass is 10.1. The minimum absolute atomic E-state index is 0.242. The maximum Gasteiger partial charge on any atom is 0.325 e. The van der Waals surface area contributed by atoms with E-state index in [0.29, 0.717) is 6.04 Å². The molecule has 1 fully saturated rings. The Balaban J connectivity index is 2.07. The molecule has 0 aliphatic carbocycles. The summed E-state index contributed by atoms with van der Waals surface area (Å²) in [5.74, 6) is -0.816. The number of nitrogens with zero attached hydrogens (tertiary/aromatic N) is 1. The van der Waals surface area contributed by atoms with Crippen molar-refractivity contribution in [1.82, 2.24) is 10.2 Å². The number of carboxylic acids is 1. The molecule has 3 unspecified atom stereocenters. The lowest BCUT2D eigenvalue weighted by Crippen LogP contribution is -2.38. The first-order chi connectivity index (χ1) is 8.58. The van der Waals surface area contributed by atoms with Gasteiger partial charge in [-0.1, -0.05) is 30.3 Å². The van der Waals surface area contributed by atoms with Crippen molar-refractivity contribution in [2.75, 3.05) is 13.6 Å². The molecule has 0 spiro atoms. The molecule has 1 aliphatic heterocycles. The Hall–Kier alpha value is -1.39. The Morgan fingerprint density at radius 2 is 2.11 bits per heavy atom. The number of likely N-dealkylation sites (tertiary alicyclic amines) is 1. The average molecular weight is 248 g/mol. The van der Waals surface area contributed by atoms with Crippen molar-refractivity contribution >= 4 is 5.97 Å². The monoisotopic (exact) mass is 248 g/mol. The van der Waals surface area contributed by atoms with E-state index in [-0.39, 0.29) is 6.04 Å². The van der Waals surface area contributed by atoms with E-state index in [4.69, 9.17) is 0 Å². The molecular formula is C14H20N2O2. The summed E-state index contributed by atoms with van der Waals surface area (Å²) in [6.45, 7) is 3.07. The van der Waals surface area contributed by atoms with Gasteiger partial charge >= 0.3 is 5.97 Å². The molecule has 0 radical (unpaired) electrons. The van der Waals surface area contributed by atoms with Gasteiger partial charge in [0.25, 0.3) is 0 Å². The molecule has 2 N–H and O–H groups in total. The molecule has 1 saturated heterocycles. The molecule has 98 valence electrons. The van der Waals surface area contributed by atoms with E-state index >= 15 is 0 Å². The molecule has 2 rings (SSSR count). The Morgan fingerprint density at radius 3 is 2.61 bits per heavy atom. The second-order valence-electron chi connectivity index (χ2n) is 5.07. The van der Waals surface area contributed by atoms with Crippen LogP contribution in [-0.2, 0) is 4.79 Å². The molecule has 4 nitrogen and oxygen atoms in total. The van der Waals surface area contributed by atoms with Crippen LogP contribution in [0.1, 0.15) is 24.9 Å². The van der Waals surface area contributed by atoms with E-state index in [1.165, 1.54) is 0 Å². The quantitative estimate of drug-likeness (QED) is 0.847. The van der Waals surface area contributed by atoms with Gasteiger partial charge in [0.05, 0.1) is 0 Å². The maximum atomic E-state index is 11.4. The third kappa shape index (κ3) is 2.89. The number of likely N-dealkylation sites (N-methyl/N-ethyl adjacent to an activating group) is 1. The molecule has 4 heteroatoms. The Kier molecular flexibility index (Phi) is 3.99. The zero-order valence-corrected chi connectivity index (χ0v) is 10.8. The molecule has 0 amide bonds. The van der Waals surface area contributed by atoms with Gasteiger partial charge in [0, 0.05) is 18.6 Å². The molecular weight excluding hydrogens is 228 g/mol. The Labute approximate surface area is 108 Å². The van der Waals surface area contributed by atoms with Gasteiger partial charge in [-0.2, -0.15) is 0 Å². The highest BCUT2D eigenvalue weighted by Gasteiger charge is 2.30. The van der Waals surface area contributed by atoms with E-state index in [0.717, 1.165) is 18.5 Å². The molecule has 1 heterocycles. The smallest absolute Gasteiger partial charge is 0.325 e. The van der Waals surface area contributed by atoms with E-state index in [2.05, 4.69) is 24.2 Å². The van der Waals surface area contributed by atoms with Crippen LogP contribution in [0.5, 0.6) is 0 Å². The van der Waals surface area contributed by atoms with E-state index in [1.807, 2.05) is 30.3 Å². The topological polar surface area (TPSA) is 52.6 Å². The highest BCUT2D eigenvalue weighted by atomic mass is 16.4. The maximum absolute atomic E-state index is 11.4. The summed E-state index contributed by atoms with van der Waals surface area (Å²) in [4.78, 5) is 13.6. The first-order valence-corrected chi connectivity index (χ1v) is 6.32. The van der Waals surface area contributed by atoms with Gasteiger partial charge in [0.1, 0.15) is 6.04 Å². The van der Waals surface area contributed by atoms with Crippen LogP contribution in [0.25, 0.3) is 0 Å². The van der Waals surface area contributed by atoms with Crippen molar-refractivity contribution in [3.05, 3.63) is 35.9 Å². The fourth-order valence-electron chi connectivity index (χ4n) is 2.51. The standard InChI is InChI=1S/C14H20N2O2/c1-10-8-12(9-16(10)2)15-13(14(17)18)11-6-4-3-5-7-11/h3-7,10,12-13,15H,8-9H2,1-2H3,(H,17,18). The van der Waals surface area contributed by atoms with Gasteiger partial charge in [-0.25, -0.2) is 0 Å². The van der Waals surface area contributed by atoms with Crippen LogP contribution >= 0.6 is 0 Å². The summed E-state index contributed by atoms with van der Waals surface area (Å²) in [5, 5.41) is 12.6. The van der Waals surface area contributed by atoms with Crippen LogP contribution < -0.4 is 5.32 Å². The number of hydrogen-bond donors (Lipinski definition) is 2. The zero-order valence-electron chi connectivity index (χ0n) is 10.8. The fraction of sp³-hybridized carbons (Fsp3) is 0.500. The number of rotatable bonds is 4. The number of nitrogens with one attached hydrogen (secondary N) is 1. The lowest BCUT2D eigenvalue weighted by molar-refractivity contribution is -0.139.